The Morgan fingerprint density at radius 3 is 3.00 bits per heavy atom. The van der Waals surface area contributed by atoms with E-state index in [-0.39, 0.29) is 5.82 Å². The first kappa shape index (κ1) is 7.87. The number of nitrogens with two attached hydrogens (primary N) is 1. The van der Waals surface area contributed by atoms with Crippen molar-refractivity contribution in [1.82, 2.24) is 19.9 Å². The van der Waals surface area contributed by atoms with Gasteiger partial charge in [-0.3, -0.25) is 4.79 Å². The van der Waals surface area contributed by atoms with Gasteiger partial charge >= 0.3 is 0 Å². The molecule has 2 aromatic heterocycles. The predicted octanol–water partition coefficient (Wildman–Crippen LogP) is 0.114. The lowest BCUT2D eigenvalue weighted by atomic mass is 10.5. The van der Waals surface area contributed by atoms with Crippen molar-refractivity contribution >= 4 is 29.3 Å². The minimum Gasteiger partial charge on any atom is -0.363 e. The summed E-state index contributed by atoms with van der Waals surface area (Å²) >= 11 is 4.83. The van der Waals surface area contributed by atoms with Crippen LogP contribution in [-0.4, -0.2) is 25.8 Å². The largest absolute Gasteiger partial charge is 0.363 e. The molecule has 0 fully saturated rings. The van der Waals surface area contributed by atoms with Crippen molar-refractivity contribution in [2.75, 3.05) is 0 Å². The number of hydrogen-bond acceptors (Lipinski definition) is 4. The number of hydrogen-bond donors (Lipinski definition) is 3. The summed E-state index contributed by atoms with van der Waals surface area (Å²) in [6.07, 6.45) is 1.45. The molecular weight excluding hydrogens is 190 g/mol. The number of nitrogens with one attached hydrogen (secondary N) is 2. The maximum Gasteiger partial charge on any atom is 0.286 e. The molecule has 2 rings (SSSR count). The number of primary amides is 1. The monoisotopic (exact) mass is 195 g/mol. The molecule has 66 valence electrons. The number of fused-ring (bicyclic) bond motifs is 1. The zero-order valence-electron chi connectivity index (χ0n) is 6.37. The Balaban J connectivity index is 2.74. The molecule has 0 radical (unpaired) electrons. The van der Waals surface area contributed by atoms with Crippen molar-refractivity contribution in [3.05, 3.63) is 16.8 Å². The molecule has 0 saturated heterocycles. The molecule has 6 nitrogen and oxygen atoms in total. The van der Waals surface area contributed by atoms with Gasteiger partial charge in [-0.25, -0.2) is 9.97 Å². The Hall–Kier alpha value is -1.76. The molecule has 0 aromatic carbocycles. The number of aromatic nitrogens is 4. The number of imidazole rings is 1. The van der Waals surface area contributed by atoms with Gasteiger partial charge in [-0.05, 0) is 12.2 Å². The standard InChI is InChI=1S/C6H5N5OS/c7-3(12)5-8-1-2-4(10-5)11-6(13)9-2/h1H,(H2,7,12)(H2,8,9,10,11,13). The summed E-state index contributed by atoms with van der Waals surface area (Å²) in [4.78, 5) is 23.9. The first-order chi connectivity index (χ1) is 6.16. The van der Waals surface area contributed by atoms with Crippen LogP contribution in [0, 0.1) is 4.77 Å². The molecule has 0 spiro atoms. The van der Waals surface area contributed by atoms with Crippen LogP contribution in [0.2, 0.25) is 0 Å². The van der Waals surface area contributed by atoms with E-state index < -0.39 is 5.91 Å². The summed E-state index contributed by atoms with van der Waals surface area (Å²) in [5, 5.41) is 0. The highest BCUT2D eigenvalue weighted by Crippen LogP contribution is 2.04. The maximum absolute atomic E-state index is 10.7. The molecule has 0 aliphatic rings. The average Bonchev–Trinajstić information content (AvgIpc) is 2.42. The van der Waals surface area contributed by atoms with E-state index in [1.807, 2.05) is 0 Å². The Morgan fingerprint density at radius 1 is 1.54 bits per heavy atom. The van der Waals surface area contributed by atoms with Gasteiger partial charge in [0.05, 0.1) is 6.20 Å². The van der Waals surface area contributed by atoms with Gasteiger partial charge in [0.25, 0.3) is 5.91 Å². The van der Waals surface area contributed by atoms with Crippen LogP contribution < -0.4 is 5.73 Å². The molecule has 0 saturated carbocycles. The molecule has 7 heteroatoms. The van der Waals surface area contributed by atoms with Gasteiger partial charge in [0.1, 0.15) is 5.52 Å². The summed E-state index contributed by atoms with van der Waals surface area (Å²) in [6, 6.07) is 0. The second kappa shape index (κ2) is 2.63. The van der Waals surface area contributed by atoms with Gasteiger partial charge in [0.2, 0.25) is 5.82 Å². The maximum atomic E-state index is 10.7. The smallest absolute Gasteiger partial charge is 0.286 e. The molecule has 0 bridgehead atoms. The van der Waals surface area contributed by atoms with E-state index in [0.29, 0.717) is 15.9 Å². The second-order valence-electron chi connectivity index (χ2n) is 2.40. The van der Waals surface area contributed by atoms with Crippen molar-refractivity contribution in [2.24, 2.45) is 5.73 Å². The van der Waals surface area contributed by atoms with Crippen LogP contribution in [0.4, 0.5) is 0 Å². The summed E-state index contributed by atoms with van der Waals surface area (Å²) in [6.45, 7) is 0. The van der Waals surface area contributed by atoms with Crippen molar-refractivity contribution in [2.45, 2.75) is 0 Å². The topological polar surface area (TPSA) is 100 Å². The number of aromatic amines is 2. The second-order valence-corrected chi connectivity index (χ2v) is 2.81. The Bertz CT molecular complexity index is 527. The quantitative estimate of drug-likeness (QED) is 0.562. The van der Waals surface area contributed by atoms with Crippen LogP contribution in [0.3, 0.4) is 0 Å². The van der Waals surface area contributed by atoms with Crippen molar-refractivity contribution in [3.63, 3.8) is 0 Å². The van der Waals surface area contributed by atoms with Crippen molar-refractivity contribution in [3.8, 4) is 0 Å². The third kappa shape index (κ3) is 1.29. The summed E-state index contributed by atoms with van der Waals surface area (Å²) < 4.78 is 0.436. The van der Waals surface area contributed by atoms with Crippen LogP contribution in [0.15, 0.2) is 6.20 Å². The van der Waals surface area contributed by atoms with Crippen LogP contribution in [0.25, 0.3) is 11.2 Å². The fourth-order valence-electron chi connectivity index (χ4n) is 0.948. The molecule has 4 N–H and O–H groups in total. The molecule has 2 aromatic rings. The summed E-state index contributed by atoms with van der Waals surface area (Å²) in [5.74, 6) is -0.694. The van der Waals surface area contributed by atoms with Crippen LogP contribution >= 0.6 is 12.2 Å². The number of amides is 1. The summed E-state index contributed by atoms with van der Waals surface area (Å²) in [5.41, 5.74) is 6.13. The lowest BCUT2D eigenvalue weighted by Crippen LogP contribution is -2.14. The molecule has 13 heavy (non-hydrogen) atoms. The van der Waals surface area contributed by atoms with Gasteiger partial charge in [0.15, 0.2) is 10.4 Å². The van der Waals surface area contributed by atoms with E-state index >= 15 is 0 Å². The number of H-pyrrole nitrogens is 2. The first-order valence-electron chi connectivity index (χ1n) is 3.41. The first-order valence-corrected chi connectivity index (χ1v) is 3.82. The van der Waals surface area contributed by atoms with E-state index in [9.17, 15) is 4.79 Å². The van der Waals surface area contributed by atoms with Crippen LogP contribution in [0.1, 0.15) is 10.6 Å². The Labute approximate surface area is 77.2 Å². The highest BCUT2D eigenvalue weighted by atomic mass is 32.1. The molecule has 0 aliphatic heterocycles. The average molecular weight is 195 g/mol. The minimum atomic E-state index is -0.664. The van der Waals surface area contributed by atoms with Gasteiger partial charge in [-0.2, -0.15) is 0 Å². The minimum absolute atomic E-state index is 0.0299. The lowest BCUT2D eigenvalue weighted by molar-refractivity contribution is 0.0991. The zero-order chi connectivity index (χ0) is 9.42. The van der Waals surface area contributed by atoms with Crippen molar-refractivity contribution in [1.29, 1.82) is 0 Å². The van der Waals surface area contributed by atoms with E-state index in [2.05, 4.69) is 19.9 Å². The molecule has 0 atom stereocenters. The van der Waals surface area contributed by atoms with E-state index in [4.69, 9.17) is 18.0 Å². The fraction of sp³-hybridized carbons (Fsp3) is 0. The van der Waals surface area contributed by atoms with Crippen molar-refractivity contribution < 1.29 is 4.79 Å². The summed E-state index contributed by atoms with van der Waals surface area (Å²) in [7, 11) is 0. The van der Waals surface area contributed by atoms with Gasteiger partial charge < -0.3 is 15.7 Å². The molecule has 1 amide bonds. The van der Waals surface area contributed by atoms with Gasteiger partial charge in [-0.15, -0.1) is 0 Å². The fourth-order valence-corrected chi connectivity index (χ4v) is 1.16. The SMILES string of the molecule is NC(=O)c1ncc2[nH]c(=S)[nH]c2n1. The molecule has 2 heterocycles. The predicted molar refractivity (Wildman–Crippen MR) is 47.6 cm³/mol. The Kier molecular flexibility index (Phi) is 1.59. The number of carbonyl (C=O) groups excluding carboxylic acids is 1. The zero-order valence-corrected chi connectivity index (χ0v) is 7.18. The highest BCUT2D eigenvalue weighted by Gasteiger charge is 2.05. The molecule has 0 aliphatic carbocycles. The molecular formula is C6H5N5OS. The number of nitrogens with zero attached hydrogens (tertiary/aromatic N) is 2. The third-order valence-electron chi connectivity index (χ3n) is 1.49. The van der Waals surface area contributed by atoms with Gasteiger partial charge in [-0.1, -0.05) is 0 Å². The van der Waals surface area contributed by atoms with Crippen LogP contribution in [-0.2, 0) is 0 Å². The lowest BCUT2D eigenvalue weighted by Gasteiger charge is -1.91. The highest BCUT2D eigenvalue weighted by molar-refractivity contribution is 7.71. The van der Waals surface area contributed by atoms with E-state index in [1.165, 1.54) is 6.20 Å². The van der Waals surface area contributed by atoms with Crippen LogP contribution in [0.5, 0.6) is 0 Å². The number of carbonyl (C=O) groups is 1. The third-order valence-corrected chi connectivity index (χ3v) is 1.69. The molecule has 0 unspecified atom stereocenters. The normalized spacial score (nSPS) is 10.5. The van der Waals surface area contributed by atoms with Gasteiger partial charge in [0, 0.05) is 0 Å². The van der Waals surface area contributed by atoms with E-state index in [1.54, 1.807) is 0 Å². The van der Waals surface area contributed by atoms with E-state index in [0.717, 1.165) is 0 Å². The Morgan fingerprint density at radius 2 is 2.31 bits per heavy atom. The number of rotatable bonds is 1.